The van der Waals surface area contributed by atoms with Crippen LogP contribution in [0.3, 0.4) is 0 Å². The van der Waals surface area contributed by atoms with Crippen LogP contribution in [0.5, 0.6) is 11.5 Å². The van der Waals surface area contributed by atoms with Gasteiger partial charge in [-0.1, -0.05) is 45.2 Å². The molecule has 3 rings (SSSR count). The Bertz CT molecular complexity index is 800. The summed E-state index contributed by atoms with van der Waals surface area (Å²) in [6.45, 7) is 5.97. The number of ether oxygens (including phenoxy) is 1. The SMILES string of the molecule is CCCCc1ccc(Oc2ccnc(N3CCC(CCC)CC3)c2[N+](=O)[O-])cc1. The maximum atomic E-state index is 11.9. The van der Waals surface area contributed by atoms with E-state index in [2.05, 4.69) is 18.8 Å². The summed E-state index contributed by atoms with van der Waals surface area (Å²) in [7, 11) is 0. The number of piperidine rings is 1. The molecule has 0 amide bonds. The number of nitro groups is 1. The molecule has 6 heteroatoms. The lowest BCUT2D eigenvalue weighted by atomic mass is 9.92. The Morgan fingerprint density at radius 1 is 1.14 bits per heavy atom. The van der Waals surface area contributed by atoms with Crippen molar-refractivity contribution < 1.29 is 9.66 Å². The van der Waals surface area contributed by atoms with Gasteiger partial charge in [0.1, 0.15) is 5.75 Å². The Morgan fingerprint density at radius 2 is 1.86 bits per heavy atom. The van der Waals surface area contributed by atoms with Gasteiger partial charge in [-0.15, -0.1) is 0 Å². The minimum absolute atomic E-state index is 0.0449. The Morgan fingerprint density at radius 3 is 2.48 bits per heavy atom. The molecule has 0 saturated carbocycles. The molecular formula is C23H31N3O3. The monoisotopic (exact) mass is 397 g/mol. The number of nitrogens with zero attached hydrogens (tertiary/aromatic N) is 3. The van der Waals surface area contributed by atoms with Gasteiger partial charge in [0.05, 0.1) is 4.92 Å². The lowest BCUT2D eigenvalue weighted by molar-refractivity contribution is -0.385. The van der Waals surface area contributed by atoms with Crippen molar-refractivity contribution in [2.24, 2.45) is 5.92 Å². The van der Waals surface area contributed by atoms with Crippen molar-refractivity contribution in [3.8, 4) is 11.5 Å². The van der Waals surface area contributed by atoms with E-state index in [4.69, 9.17) is 4.74 Å². The van der Waals surface area contributed by atoms with E-state index >= 15 is 0 Å². The molecule has 0 aliphatic carbocycles. The molecular weight excluding hydrogens is 366 g/mol. The zero-order valence-corrected chi connectivity index (χ0v) is 17.5. The van der Waals surface area contributed by atoms with Crippen molar-refractivity contribution in [1.82, 2.24) is 4.98 Å². The largest absolute Gasteiger partial charge is 0.450 e. The predicted octanol–water partition coefficient (Wildman–Crippen LogP) is 6.14. The van der Waals surface area contributed by atoms with Crippen molar-refractivity contribution in [3.05, 3.63) is 52.2 Å². The third-order valence-corrected chi connectivity index (χ3v) is 5.63. The molecule has 1 aliphatic heterocycles. The third kappa shape index (κ3) is 5.46. The molecule has 1 aromatic carbocycles. The Balaban J connectivity index is 1.78. The fraction of sp³-hybridized carbons (Fsp3) is 0.522. The number of hydrogen-bond acceptors (Lipinski definition) is 5. The first-order valence-corrected chi connectivity index (χ1v) is 10.8. The van der Waals surface area contributed by atoms with Crippen molar-refractivity contribution >= 4 is 11.5 Å². The Labute approximate surface area is 173 Å². The van der Waals surface area contributed by atoms with Crippen molar-refractivity contribution in [2.75, 3.05) is 18.0 Å². The summed E-state index contributed by atoms with van der Waals surface area (Å²) in [5.41, 5.74) is 1.20. The van der Waals surface area contributed by atoms with Crippen LogP contribution in [-0.4, -0.2) is 23.0 Å². The molecule has 1 saturated heterocycles. The fourth-order valence-electron chi connectivity index (χ4n) is 3.98. The van der Waals surface area contributed by atoms with Gasteiger partial charge >= 0.3 is 5.69 Å². The summed E-state index contributed by atoms with van der Waals surface area (Å²) >= 11 is 0. The molecule has 0 radical (unpaired) electrons. The number of unbranched alkanes of at least 4 members (excludes halogenated alkanes) is 1. The van der Waals surface area contributed by atoms with E-state index < -0.39 is 0 Å². The minimum atomic E-state index is -0.370. The molecule has 0 N–H and O–H groups in total. The lowest BCUT2D eigenvalue weighted by Gasteiger charge is -2.32. The van der Waals surface area contributed by atoms with E-state index in [0.717, 1.165) is 45.2 Å². The number of aromatic nitrogens is 1. The van der Waals surface area contributed by atoms with Gasteiger partial charge in [-0.25, -0.2) is 4.98 Å². The molecule has 6 nitrogen and oxygen atoms in total. The average Bonchev–Trinajstić information content (AvgIpc) is 2.74. The van der Waals surface area contributed by atoms with Gasteiger partial charge in [0.15, 0.2) is 0 Å². The van der Waals surface area contributed by atoms with E-state index in [9.17, 15) is 10.1 Å². The maximum Gasteiger partial charge on any atom is 0.353 e. The zero-order chi connectivity index (χ0) is 20.6. The molecule has 1 fully saturated rings. The van der Waals surface area contributed by atoms with Gasteiger partial charge in [-0.2, -0.15) is 0 Å². The van der Waals surface area contributed by atoms with Gasteiger partial charge < -0.3 is 9.64 Å². The molecule has 29 heavy (non-hydrogen) atoms. The van der Waals surface area contributed by atoms with Gasteiger partial charge in [0, 0.05) is 25.4 Å². The van der Waals surface area contributed by atoms with Gasteiger partial charge in [0.2, 0.25) is 11.6 Å². The van der Waals surface area contributed by atoms with Crippen LogP contribution in [-0.2, 0) is 6.42 Å². The number of benzene rings is 1. The highest BCUT2D eigenvalue weighted by Gasteiger charge is 2.29. The first kappa shape index (κ1) is 21.1. The number of anilines is 1. The summed E-state index contributed by atoms with van der Waals surface area (Å²) in [4.78, 5) is 17.9. The van der Waals surface area contributed by atoms with Crippen molar-refractivity contribution in [1.29, 1.82) is 0 Å². The van der Waals surface area contributed by atoms with Crippen LogP contribution in [0.25, 0.3) is 0 Å². The van der Waals surface area contributed by atoms with E-state index in [1.54, 1.807) is 12.3 Å². The van der Waals surface area contributed by atoms with Crippen LogP contribution in [0.15, 0.2) is 36.5 Å². The normalized spacial score (nSPS) is 14.8. The summed E-state index contributed by atoms with van der Waals surface area (Å²) in [5, 5.41) is 11.9. The maximum absolute atomic E-state index is 11.9. The molecule has 156 valence electrons. The van der Waals surface area contributed by atoms with Crippen molar-refractivity contribution in [2.45, 2.75) is 58.8 Å². The van der Waals surface area contributed by atoms with E-state index in [1.807, 2.05) is 29.2 Å². The van der Waals surface area contributed by atoms with Crippen LogP contribution >= 0.6 is 0 Å². The third-order valence-electron chi connectivity index (χ3n) is 5.63. The molecule has 0 spiro atoms. The van der Waals surface area contributed by atoms with Gasteiger partial charge in [-0.3, -0.25) is 10.1 Å². The quantitative estimate of drug-likeness (QED) is 0.375. The number of rotatable bonds is 9. The summed E-state index contributed by atoms with van der Waals surface area (Å²) in [5.74, 6) is 1.98. The van der Waals surface area contributed by atoms with Crippen LogP contribution < -0.4 is 9.64 Å². The standard InChI is InChI=1S/C23H31N3O3/c1-3-5-7-19-8-10-20(11-9-19)29-21-12-15-24-23(22(21)26(27)28)25-16-13-18(6-4-2)14-17-25/h8-12,15,18H,3-7,13-14,16-17H2,1-2H3. The molecule has 1 aliphatic rings. The molecule has 2 heterocycles. The average molecular weight is 398 g/mol. The highest BCUT2D eigenvalue weighted by atomic mass is 16.6. The van der Waals surface area contributed by atoms with Crippen molar-refractivity contribution in [3.63, 3.8) is 0 Å². The number of aryl methyl sites for hydroxylation is 1. The highest BCUT2D eigenvalue weighted by molar-refractivity contribution is 5.66. The topological polar surface area (TPSA) is 68.5 Å². The van der Waals surface area contributed by atoms with Gasteiger partial charge in [0.25, 0.3) is 0 Å². The van der Waals surface area contributed by atoms with E-state index in [1.165, 1.54) is 18.4 Å². The first-order chi connectivity index (χ1) is 14.1. The summed E-state index contributed by atoms with van der Waals surface area (Å²) < 4.78 is 5.91. The summed E-state index contributed by atoms with van der Waals surface area (Å²) in [6, 6.07) is 9.39. The number of hydrogen-bond donors (Lipinski definition) is 0. The van der Waals surface area contributed by atoms with Crippen LogP contribution in [0.2, 0.25) is 0 Å². The minimum Gasteiger partial charge on any atom is -0.450 e. The number of pyridine rings is 1. The van der Waals surface area contributed by atoms with Gasteiger partial charge in [-0.05, 0) is 49.3 Å². The highest BCUT2D eigenvalue weighted by Crippen LogP contribution is 2.39. The molecule has 0 unspecified atom stereocenters. The van der Waals surface area contributed by atoms with Crippen LogP contribution in [0.1, 0.15) is 57.9 Å². The molecule has 1 aromatic heterocycles. The summed E-state index contributed by atoms with van der Waals surface area (Å²) in [6.07, 6.45) is 9.45. The lowest BCUT2D eigenvalue weighted by Crippen LogP contribution is -2.34. The first-order valence-electron chi connectivity index (χ1n) is 10.8. The Hall–Kier alpha value is -2.63. The second-order valence-corrected chi connectivity index (χ2v) is 7.81. The Kier molecular flexibility index (Phi) is 7.44. The van der Waals surface area contributed by atoms with Crippen LogP contribution in [0.4, 0.5) is 11.5 Å². The van der Waals surface area contributed by atoms with E-state index in [-0.39, 0.29) is 16.4 Å². The van der Waals surface area contributed by atoms with Crippen LogP contribution in [0, 0.1) is 16.0 Å². The fourth-order valence-corrected chi connectivity index (χ4v) is 3.98. The molecule has 0 atom stereocenters. The molecule has 0 bridgehead atoms. The predicted molar refractivity (Wildman–Crippen MR) is 116 cm³/mol. The second kappa shape index (κ2) is 10.2. The zero-order valence-electron chi connectivity index (χ0n) is 17.5. The van der Waals surface area contributed by atoms with E-state index in [0.29, 0.717) is 17.5 Å². The second-order valence-electron chi connectivity index (χ2n) is 7.81. The smallest absolute Gasteiger partial charge is 0.353 e. The molecule has 2 aromatic rings.